The molecule has 1 saturated carbocycles. The van der Waals surface area contributed by atoms with Gasteiger partial charge in [-0.3, -0.25) is 4.90 Å². The first kappa shape index (κ1) is 21.7. The number of nitrogens with zero attached hydrogens (tertiary/aromatic N) is 6. The molecular weight excluding hydrogens is 416 g/mol. The largest absolute Gasteiger partial charge is 0.493 e. The molecule has 1 aliphatic heterocycles. The highest BCUT2D eigenvalue weighted by Gasteiger charge is 2.33. The molecule has 2 heterocycles. The van der Waals surface area contributed by atoms with E-state index in [1.807, 2.05) is 6.07 Å². The molecule has 33 heavy (non-hydrogen) atoms. The Morgan fingerprint density at radius 1 is 0.879 bits per heavy atom. The molecule has 1 aromatic heterocycles. The summed E-state index contributed by atoms with van der Waals surface area (Å²) in [5.74, 6) is 2.37. The molecule has 0 amide bonds. The van der Waals surface area contributed by atoms with E-state index in [9.17, 15) is 0 Å². The lowest BCUT2D eigenvalue weighted by Crippen LogP contribution is -2.48. The smallest absolute Gasteiger partial charge is 0.173 e. The molecule has 5 rings (SSSR count). The molecule has 174 valence electrons. The van der Waals surface area contributed by atoms with E-state index in [-0.39, 0.29) is 6.04 Å². The van der Waals surface area contributed by atoms with Crippen LogP contribution in [0.4, 0.5) is 5.69 Å². The zero-order valence-electron chi connectivity index (χ0n) is 19.4. The van der Waals surface area contributed by atoms with Crippen LogP contribution < -0.4 is 14.4 Å². The first-order valence-corrected chi connectivity index (χ1v) is 11.8. The molecule has 1 saturated heterocycles. The molecule has 8 heteroatoms. The van der Waals surface area contributed by atoms with Gasteiger partial charge in [0.05, 0.1) is 26.3 Å². The standard InChI is InChI=1S/C25H32N6O2/c1-32-22-13-12-19(18-23(22)33-2)24(25-26-27-28-31(25)21-10-6-7-11-21)30-16-14-29(15-17-30)20-8-4-3-5-9-20/h3-5,8-9,12-13,18,21,24H,6-7,10-11,14-17H2,1-2H3/t24-/m1/s1. The summed E-state index contributed by atoms with van der Waals surface area (Å²) < 4.78 is 13.2. The Balaban J connectivity index is 1.47. The Labute approximate surface area is 195 Å². The molecule has 2 aromatic carbocycles. The van der Waals surface area contributed by atoms with Crippen LogP contribution in [0.2, 0.25) is 0 Å². The number of rotatable bonds is 7. The average molecular weight is 449 g/mol. The van der Waals surface area contributed by atoms with Gasteiger partial charge in [-0.05, 0) is 53.1 Å². The third kappa shape index (κ3) is 4.39. The van der Waals surface area contributed by atoms with Crippen molar-refractivity contribution < 1.29 is 9.47 Å². The highest BCUT2D eigenvalue weighted by atomic mass is 16.5. The van der Waals surface area contributed by atoms with Crippen LogP contribution in [0.3, 0.4) is 0 Å². The predicted octanol–water partition coefficient (Wildman–Crippen LogP) is 3.72. The third-order valence-electron chi connectivity index (χ3n) is 6.96. The van der Waals surface area contributed by atoms with Crippen molar-refractivity contribution >= 4 is 5.69 Å². The lowest BCUT2D eigenvalue weighted by atomic mass is 10.0. The fourth-order valence-corrected chi connectivity index (χ4v) is 5.21. The summed E-state index contributed by atoms with van der Waals surface area (Å²) in [6.45, 7) is 3.76. The zero-order valence-corrected chi connectivity index (χ0v) is 19.4. The number of methoxy groups -OCH3 is 2. The highest BCUT2D eigenvalue weighted by Crippen LogP contribution is 2.37. The molecule has 0 N–H and O–H groups in total. The Hall–Kier alpha value is -3.13. The van der Waals surface area contributed by atoms with Crippen molar-refractivity contribution in [3.05, 3.63) is 59.9 Å². The first-order chi connectivity index (χ1) is 16.3. The Morgan fingerprint density at radius 2 is 1.61 bits per heavy atom. The topological polar surface area (TPSA) is 68.5 Å². The van der Waals surface area contributed by atoms with Gasteiger partial charge in [0.1, 0.15) is 0 Å². The van der Waals surface area contributed by atoms with Gasteiger partial charge in [0.15, 0.2) is 17.3 Å². The summed E-state index contributed by atoms with van der Waals surface area (Å²) in [4.78, 5) is 4.94. The molecule has 1 aliphatic carbocycles. The molecule has 2 aliphatic rings. The molecule has 0 spiro atoms. The van der Waals surface area contributed by atoms with Gasteiger partial charge in [-0.15, -0.1) is 5.10 Å². The van der Waals surface area contributed by atoms with Gasteiger partial charge in [0, 0.05) is 31.9 Å². The van der Waals surface area contributed by atoms with Gasteiger partial charge >= 0.3 is 0 Å². The number of hydrogen-bond donors (Lipinski definition) is 0. The molecule has 8 nitrogen and oxygen atoms in total. The highest BCUT2D eigenvalue weighted by molar-refractivity contribution is 5.47. The second kappa shape index (κ2) is 9.79. The maximum absolute atomic E-state index is 5.63. The van der Waals surface area contributed by atoms with E-state index in [2.05, 4.69) is 72.5 Å². The number of ether oxygens (including phenoxy) is 2. The second-order valence-electron chi connectivity index (χ2n) is 8.80. The van der Waals surface area contributed by atoms with Crippen LogP contribution in [0.15, 0.2) is 48.5 Å². The summed E-state index contributed by atoms with van der Waals surface area (Å²) in [6, 6.07) is 17.1. The lowest BCUT2D eigenvalue weighted by Gasteiger charge is -2.40. The van der Waals surface area contributed by atoms with Crippen molar-refractivity contribution in [2.24, 2.45) is 0 Å². The Bertz CT molecular complexity index is 1040. The van der Waals surface area contributed by atoms with Crippen LogP contribution in [-0.2, 0) is 0 Å². The zero-order chi connectivity index (χ0) is 22.6. The molecule has 3 aromatic rings. The van der Waals surface area contributed by atoms with Crippen molar-refractivity contribution in [1.29, 1.82) is 0 Å². The fraction of sp³-hybridized carbons (Fsp3) is 0.480. The summed E-state index contributed by atoms with van der Waals surface area (Å²) in [6.07, 6.45) is 4.75. The molecule has 2 fully saturated rings. The summed E-state index contributed by atoms with van der Waals surface area (Å²) in [5.41, 5.74) is 2.39. The number of hydrogen-bond acceptors (Lipinski definition) is 7. The van der Waals surface area contributed by atoms with Crippen molar-refractivity contribution in [3.63, 3.8) is 0 Å². The molecular formula is C25H32N6O2. The van der Waals surface area contributed by atoms with Gasteiger partial charge in [-0.2, -0.15) is 0 Å². The van der Waals surface area contributed by atoms with E-state index in [1.165, 1.54) is 18.5 Å². The van der Waals surface area contributed by atoms with Gasteiger partial charge < -0.3 is 14.4 Å². The Kier molecular flexibility index (Phi) is 6.44. The average Bonchev–Trinajstić information content (AvgIpc) is 3.57. The monoisotopic (exact) mass is 448 g/mol. The minimum absolute atomic E-state index is 0.0432. The van der Waals surface area contributed by atoms with Crippen LogP contribution in [0, 0.1) is 0 Å². The number of benzene rings is 2. The van der Waals surface area contributed by atoms with Crippen LogP contribution in [0.1, 0.15) is 49.2 Å². The number of piperazine rings is 1. The predicted molar refractivity (Wildman–Crippen MR) is 127 cm³/mol. The van der Waals surface area contributed by atoms with Gasteiger partial charge in [-0.25, -0.2) is 4.68 Å². The maximum Gasteiger partial charge on any atom is 0.173 e. The second-order valence-corrected chi connectivity index (χ2v) is 8.80. The van der Waals surface area contributed by atoms with Crippen LogP contribution in [-0.4, -0.2) is 65.5 Å². The van der Waals surface area contributed by atoms with Gasteiger partial charge in [-0.1, -0.05) is 37.1 Å². The quantitative estimate of drug-likeness (QED) is 0.546. The van der Waals surface area contributed by atoms with E-state index < -0.39 is 0 Å². The summed E-state index contributed by atoms with van der Waals surface area (Å²) >= 11 is 0. The minimum Gasteiger partial charge on any atom is -0.493 e. The molecule has 0 unspecified atom stereocenters. The molecule has 1 atom stereocenters. The van der Waals surface area contributed by atoms with E-state index in [0.29, 0.717) is 6.04 Å². The van der Waals surface area contributed by atoms with E-state index in [0.717, 1.165) is 61.9 Å². The van der Waals surface area contributed by atoms with E-state index >= 15 is 0 Å². The van der Waals surface area contributed by atoms with Gasteiger partial charge in [0.25, 0.3) is 0 Å². The Morgan fingerprint density at radius 3 is 2.30 bits per heavy atom. The third-order valence-corrected chi connectivity index (χ3v) is 6.96. The van der Waals surface area contributed by atoms with E-state index in [1.54, 1.807) is 14.2 Å². The van der Waals surface area contributed by atoms with E-state index in [4.69, 9.17) is 9.47 Å². The van der Waals surface area contributed by atoms with Crippen LogP contribution in [0.5, 0.6) is 11.5 Å². The number of aromatic nitrogens is 4. The fourth-order valence-electron chi connectivity index (χ4n) is 5.21. The lowest BCUT2D eigenvalue weighted by molar-refractivity contribution is 0.197. The van der Waals surface area contributed by atoms with Crippen LogP contribution in [0.25, 0.3) is 0 Å². The molecule has 0 radical (unpaired) electrons. The number of anilines is 1. The first-order valence-electron chi connectivity index (χ1n) is 11.8. The van der Waals surface area contributed by atoms with Crippen molar-refractivity contribution in [2.45, 2.75) is 37.8 Å². The number of para-hydroxylation sites is 1. The summed E-state index contributed by atoms with van der Waals surface area (Å²) in [7, 11) is 3.34. The van der Waals surface area contributed by atoms with Gasteiger partial charge in [0.2, 0.25) is 0 Å². The SMILES string of the molecule is COc1ccc([C@H](c2nnnn2C2CCCC2)N2CCN(c3ccccc3)CC2)cc1OC. The van der Waals surface area contributed by atoms with Crippen molar-refractivity contribution in [3.8, 4) is 11.5 Å². The van der Waals surface area contributed by atoms with Crippen LogP contribution >= 0.6 is 0 Å². The van der Waals surface area contributed by atoms with Crippen molar-refractivity contribution in [2.75, 3.05) is 45.3 Å². The molecule has 0 bridgehead atoms. The number of tetrazole rings is 1. The van der Waals surface area contributed by atoms with Crippen molar-refractivity contribution in [1.82, 2.24) is 25.1 Å². The summed E-state index contributed by atoms with van der Waals surface area (Å²) in [5, 5.41) is 13.1. The minimum atomic E-state index is -0.0432. The maximum atomic E-state index is 5.63. The normalized spacial score (nSPS) is 18.4.